The lowest BCUT2D eigenvalue weighted by Crippen LogP contribution is -2.58. The molecule has 0 amide bonds. The summed E-state index contributed by atoms with van der Waals surface area (Å²) in [6.07, 6.45) is 0. The highest BCUT2D eigenvalue weighted by molar-refractivity contribution is 7.91. The molecular weight excluding hydrogens is 232 g/mol. The fraction of sp³-hybridized carbons (Fsp3) is 0.889. The fourth-order valence-corrected chi connectivity index (χ4v) is 3.38. The zero-order chi connectivity index (χ0) is 12.6. The average molecular weight is 250 g/mol. The monoisotopic (exact) mass is 250 g/mol. The third kappa shape index (κ3) is 3.16. The second-order valence-corrected chi connectivity index (χ2v) is 6.89. The van der Waals surface area contributed by atoms with Crippen LogP contribution < -0.4 is 5.73 Å². The van der Waals surface area contributed by atoms with Gasteiger partial charge in [-0.05, 0) is 13.8 Å². The molecule has 7 heteroatoms. The lowest BCUT2D eigenvalue weighted by molar-refractivity contribution is -0.143. The molecule has 0 aromatic carbocycles. The van der Waals surface area contributed by atoms with Crippen LogP contribution in [-0.4, -0.2) is 60.6 Å². The molecule has 1 aliphatic rings. The summed E-state index contributed by atoms with van der Waals surface area (Å²) >= 11 is 0. The summed E-state index contributed by atoms with van der Waals surface area (Å²) in [5, 5.41) is 8.89. The third-order valence-corrected chi connectivity index (χ3v) is 4.62. The predicted molar refractivity (Wildman–Crippen MR) is 59.9 cm³/mol. The topological polar surface area (TPSA) is 101 Å². The van der Waals surface area contributed by atoms with Gasteiger partial charge in [0.15, 0.2) is 9.84 Å². The summed E-state index contributed by atoms with van der Waals surface area (Å²) in [6, 6.07) is -0.180. The smallest absolute Gasteiger partial charge is 0.324 e. The Balaban J connectivity index is 2.68. The van der Waals surface area contributed by atoms with Crippen LogP contribution in [-0.2, 0) is 14.6 Å². The molecule has 1 fully saturated rings. The van der Waals surface area contributed by atoms with E-state index in [4.69, 9.17) is 10.8 Å². The highest BCUT2D eigenvalue weighted by atomic mass is 32.2. The fourth-order valence-electron chi connectivity index (χ4n) is 1.76. The molecule has 1 aliphatic heterocycles. The van der Waals surface area contributed by atoms with Crippen molar-refractivity contribution in [3.63, 3.8) is 0 Å². The average Bonchev–Trinajstić information content (AvgIpc) is 2.09. The predicted octanol–water partition coefficient (Wildman–Crippen LogP) is -1.09. The number of nitrogens with zero attached hydrogens (tertiary/aromatic N) is 1. The van der Waals surface area contributed by atoms with E-state index in [9.17, 15) is 13.2 Å². The first-order valence-electron chi connectivity index (χ1n) is 5.11. The molecule has 0 saturated carbocycles. The minimum Gasteiger partial charge on any atom is -0.480 e. The number of carboxylic acids is 1. The maximum absolute atomic E-state index is 11.3. The second kappa shape index (κ2) is 4.31. The van der Waals surface area contributed by atoms with Gasteiger partial charge in [0.2, 0.25) is 0 Å². The Labute approximate surface area is 95.3 Å². The van der Waals surface area contributed by atoms with Gasteiger partial charge in [-0.3, -0.25) is 9.69 Å². The molecule has 1 rings (SSSR count). The molecule has 0 aromatic heterocycles. The number of nitrogens with two attached hydrogens (primary N) is 1. The standard InChI is InChI=1S/C9H18N2O4S/c1-7-5-16(14,15)4-3-11(7)6-9(2,10)8(12)13/h7H,3-6,10H2,1-2H3,(H,12,13). The van der Waals surface area contributed by atoms with Crippen LogP contribution in [0.1, 0.15) is 13.8 Å². The summed E-state index contributed by atoms with van der Waals surface area (Å²) in [5.74, 6) is -0.927. The largest absolute Gasteiger partial charge is 0.480 e. The number of sulfone groups is 1. The van der Waals surface area contributed by atoms with Crippen LogP contribution in [0.25, 0.3) is 0 Å². The molecule has 94 valence electrons. The summed E-state index contributed by atoms with van der Waals surface area (Å²) in [7, 11) is -2.97. The number of carbonyl (C=O) groups is 1. The molecular formula is C9H18N2O4S. The molecule has 2 unspecified atom stereocenters. The van der Waals surface area contributed by atoms with E-state index in [-0.39, 0.29) is 24.1 Å². The van der Waals surface area contributed by atoms with Gasteiger partial charge in [0.05, 0.1) is 11.5 Å². The second-order valence-electron chi connectivity index (χ2n) is 4.66. The molecule has 1 saturated heterocycles. The van der Waals surface area contributed by atoms with Crippen molar-refractivity contribution in [2.75, 3.05) is 24.6 Å². The van der Waals surface area contributed by atoms with E-state index in [1.165, 1.54) is 6.92 Å². The van der Waals surface area contributed by atoms with E-state index in [0.717, 1.165) is 0 Å². The molecule has 1 heterocycles. The summed E-state index contributed by atoms with van der Waals surface area (Å²) < 4.78 is 22.7. The van der Waals surface area contributed by atoms with Gasteiger partial charge < -0.3 is 10.8 Å². The van der Waals surface area contributed by atoms with Crippen molar-refractivity contribution in [1.29, 1.82) is 0 Å². The van der Waals surface area contributed by atoms with E-state index in [0.29, 0.717) is 6.54 Å². The van der Waals surface area contributed by atoms with Crippen LogP contribution in [0.2, 0.25) is 0 Å². The Morgan fingerprint density at radius 3 is 2.62 bits per heavy atom. The van der Waals surface area contributed by atoms with Gasteiger partial charge in [-0.25, -0.2) is 8.42 Å². The first-order valence-corrected chi connectivity index (χ1v) is 6.93. The van der Waals surface area contributed by atoms with E-state index in [1.54, 1.807) is 6.92 Å². The van der Waals surface area contributed by atoms with Crippen LogP contribution in [0.3, 0.4) is 0 Å². The van der Waals surface area contributed by atoms with Crippen LogP contribution in [0.15, 0.2) is 0 Å². The van der Waals surface area contributed by atoms with Crippen molar-refractivity contribution in [3.8, 4) is 0 Å². The molecule has 2 atom stereocenters. The number of rotatable bonds is 3. The van der Waals surface area contributed by atoms with Gasteiger partial charge in [-0.1, -0.05) is 0 Å². The number of carboxylic acid groups (broad SMARTS) is 1. The Hall–Kier alpha value is -0.660. The van der Waals surface area contributed by atoms with E-state index >= 15 is 0 Å². The Morgan fingerprint density at radius 2 is 2.19 bits per heavy atom. The minimum absolute atomic E-state index is 0.0721. The van der Waals surface area contributed by atoms with Crippen LogP contribution in [0.4, 0.5) is 0 Å². The lowest BCUT2D eigenvalue weighted by atomic mass is 10.0. The van der Waals surface area contributed by atoms with E-state index in [1.807, 2.05) is 4.90 Å². The Bertz CT molecular complexity index is 377. The number of hydrogen-bond acceptors (Lipinski definition) is 5. The van der Waals surface area contributed by atoms with Crippen molar-refractivity contribution in [3.05, 3.63) is 0 Å². The van der Waals surface area contributed by atoms with Crippen LogP contribution in [0, 0.1) is 0 Å². The lowest BCUT2D eigenvalue weighted by Gasteiger charge is -2.36. The first-order chi connectivity index (χ1) is 7.14. The maximum Gasteiger partial charge on any atom is 0.324 e. The number of hydrogen-bond donors (Lipinski definition) is 2. The van der Waals surface area contributed by atoms with Gasteiger partial charge >= 0.3 is 5.97 Å². The van der Waals surface area contributed by atoms with Crippen molar-refractivity contribution in [2.45, 2.75) is 25.4 Å². The molecule has 6 nitrogen and oxygen atoms in total. The van der Waals surface area contributed by atoms with Gasteiger partial charge in [-0.15, -0.1) is 0 Å². The van der Waals surface area contributed by atoms with Crippen LogP contribution in [0.5, 0.6) is 0 Å². The molecule has 0 bridgehead atoms. The zero-order valence-corrected chi connectivity index (χ0v) is 10.3. The van der Waals surface area contributed by atoms with Gasteiger partial charge in [0.1, 0.15) is 5.54 Å². The SMILES string of the molecule is CC1CS(=O)(=O)CCN1CC(C)(N)C(=O)O. The summed E-state index contributed by atoms with van der Waals surface area (Å²) in [5.41, 5.74) is 4.29. The van der Waals surface area contributed by atoms with Crippen molar-refractivity contribution >= 4 is 15.8 Å². The van der Waals surface area contributed by atoms with Crippen molar-refractivity contribution in [2.24, 2.45) is 5.73 Å². The highest BCUT2D eigenvalue weighted by Gasteiger charge is 2.35. The quantitative estimate of drug-likeness (QED) is 0.660. The molecule has 0 aromatic rings. The summed E-state index contributed by atoms with van der Waals surface area (Å²) in [4.78, 5) is 12.7. The minimum atomic E-state index is -2.97. The molecule has 16 heavy (non-hydrogen) atoms. The molecule has 0 aliphatic carbocycles. The summed E-state index contributed by atoms with van der Waals surface area (Å²) in [6.45, 7) is 3.72. The van der Waals surface area contributed by atoms with Crippen molar-refractivity contribution < 1.29 is 18.3 Å². The molecule has 0 spiro atoms. The highest BCUT2D eigenvalue weighted by Crippen LogP contribution is 2.14. The molecule has 0 radical (unpaired) electrons. The van der Waals surface area contributed by atoms with Gasteiger partial charge in [0.25, 0.3) is 0 Å². The first kappa shape index (κ1) is 13.4. The van der Waals surface area contributed by atoms with Gasteiger partial charge in [0, 0.05) is 19.1 Å². The van der Waals surface area contributed by atoms with E-state index in [2.05, 4.69) is 0 Å². The molecule has 3 N–H and O–H groups in total. The third-order valence-electron chi connectivity index (χ3n) is 2.83. The van der Waals surface area contributed by atoms with Crippen LogP contribution >= 0.6 is 0 Å². The van der Waals surface area contributed by atoms with Gasteiger partial charge in [-0.2, -0.15) is 0 Å². The maximum atomic E-state index is 11.3. The normalized spacial score (nSPS) is 29.6. The van der Waals surface area contributed by atoms with E-state index < -0.39 is 21.3 Å². The Morgan fingerprint density at radius 1 is 1.62 bits per heavy atom. The zero-order valence-electron chi connectivity index (χ0n) is 9.51. The van der Waals surface area contributed by atoms with Crippen molar-refractivity contribution in [1.82, 2.24) is 4.90 Å². The number of aliphatic carboxylic acids is 1. The Kier molecular flexibility index (Phi) is 3.61.